The summed E-state index contributed by atoms with van der Waals surface area (Å²) in [5, 5.41) is 13.9. The van der Waals surface area contributed by atoms with E-state index in [1.54, 1.807) is 18.3 Å². The zero-order chi connectivity index (χ0) is 26.3. The van der Waals surface area contributed by atoms with Gasteiger partial charge in [-0.1, -0.05) is 18.2 Å². The fourth-order valence-electron chi connectivity index (χ4n) is 4.40. The minimum Gasteiger partial charge on any atom is -0.326 e. The number of aromatic amines is 1. The number of likely N-dealkylation sites (N-methyl/N-ethyl adjacent to an activating group) is 1. The summed E-state index contributed by atoms with van der Waals surface area (Å²) >= 11 is 0. The van der Waals surface area contributed by atoms with Crippen molar-refractivity contribution in [2.45, 2.75) is 13.0 Å². The summed E-state index contributed by atoms with van der Waals surface area (Å²) in [4.78, 5) is 34.0. The highest BCUT2D eigenvalue weighted by molar-refractivity contribution is 6.08. The summed E-state index contributed by atoms with van der Waals surface area (Å²) < 4.78 is 0. The van der Waals surface area contributed by atoms with Gasteiger partial charge in [0.25, 0.3) is 0 Å². The van der Waals surface area contributed by atoms with E-state index in [0.29, 0.717) is 11.4 Å². The molecule has 2 aromatic heterocycles. The van der Waals surface area contributed by atoms with Gasteiger partial charge < -0.3 is 15.5 Å². The monoisotopic (exact) mass is 509 g/mol. The van der Waals surface area contributed by atoms with E-state index in [-0.39, 0.29) is 18.2 Å². The molecule has 4 aromatic rings. The third-order valence-corrected chi connectivity index (χ3v) is 6.54. The molecule has 5 rings (SSSR count). The van der Waals surface area contributed by atoms with E-state index in [0.717, 1.165) is 55.0 Å². The van der Waals surface area contributed by atoms with E-state index in [9.17, 15) is 9.59 Å². The van der Waals surface area contributed by atoms with E-state index < -0.39 is 0 Å². The number of H-pyrrole nitrogens is 1. The first-order valence-corrected chi connectivity index (χ1v) is 12.7. The van der Waals surface area contributed by atoms with Gasteiger partial charge in [0.15, 0.2) is 0 Å². The number of nitrogens with one attached hydrogen (secondary N) is 3. The van der Waals surface area contributed by atoms with Crippen molar-refractivity contribution in [3.8, 4) is 0 Å². The molecular weight excluding hydrogens is 478 g/mol. The number of piperazine rings is 1. The molecule has 0 aliphatic carbocycles. The maximum absolute atomic E-state index is 12.5. The molecule has 9 heteroatoms. The molecule has 2 aromatic carbocycles. The lowest BCUT2D eigenvalue weighted by molar-refractivity contribution is -0.123. The van der Waals surface area contributed by atoms with Crippen molar-refractivity contribution in [1.29, 1.82) is 0 Å². The van der Waals surface area contributed by atoms with Gasteiger partial charge in [-0.3, -0.25) is 24.6 Å². The lowest BCUT2D eigenvalue weighted by atomic mass is 10.1. The number of aromatic nitrogens is 3. The van der Waals surface area contributed by atoms with Crippen LogP contribution in [-0.4, -0.2) is 70.0 Å². The second-order valence-corrected chi connectivity index (χ2v) is 9.51. The van der Waals surface area contributed by atoms with Crippen LogP contribution in [0.2, 0.25) is 0 Å². The van der Waals surface area contributed by atoms with Gasteiger partial charge in [-0.05, 0) is 67.2 Å². The normalized spacial score (nSPS) is 14.7. The van der Waals surface area contributed by atoms with Gasteiger partial charge in [0.1, 0.15) is 6.42 Å². The van der Waals surface area contributed by atoms with Crippen LogP contribution in [0.1, 0.15) is 23.4 Å². The third-order valence-electron chi connectivity index (χ3n) is 6.54. The Hall–Kier alpha value is -4.34. The molecule has 0 atom stereocenters. The van der Waals surface area contributed by atoms with Crippen LogP contribution in [0.4, 0.5) is 11.4 Å². The summed E-state index contributed by atoms with van der Waals surface area (Å²) in [6.07, 6.45) is 5.25. The Kier molecular flexibility index (Phi) is 7.86. The van der Waals surface area contributed by atoms with Gasteiger partial charge in [-0.15, -0.1) is 0 Å². The lowest BCUT2D eigenvalue weighted by Gasteiger charge is -2.32. The lowest BCUT2D eigenvalue weighted by Crippen LogP contribution is -2.43. The topological polar surface area (TPSA) is 106 Å². The first kappa shape index (κ1) is 25.3. The zero-order valence-electron chi connectivity index (χ0n) is 21.4. The number of carbonyl (C=O) groups is 2. The fourth-order valence-corrected chi connectivity index (χ4v) is 4.40. The van der Waals surface area contributed by atoms with E-state index in [1.165, 1.54) is 5.56 Å². The van der Waals surface area contributed by atoms with Gasteiger partial charge in [0.2, 0.25) is 11.8 Å². The van der Waals surface area contributed by atoms with Crippen LogP contribution in [0.5, 0.6) is 0 Å². The Morgan fingerprint density at radius 3 is 2.39 bits per heavy atom. The van der Waals surface area contributed by atoms with Gasteiger partial charge in [0, 0.05) is 55.7 Å². The molecule has 0 radical (unpaired) electrons. The molecule has 0 bridgehead atoms. The summed E-state index contributed by atoms with van der Waals surface area (Å²) in [6, 6.07) is 19.0. The van der Waals surface area contributed by atoms with Gasteiger partial charge in [0.05, 0.1) is 16.9 Å². The molecule has 1 aliphatic heterocycles. The highest BCUT2D eigenvalue weighted by atomic mass is 16.2. The molecular formula is C29H31N7O2. The van der Waals surface area contributed by atoms with E-state index >= 15 is 0 Å². The van der Waals surface area contributed by atoms with Crippen molar-refractivity contribution >= 4 is 46.2 Å². The summed E-state index contributed by atoms with van der Waals surface area (Å²) in [5.41, 5.74) is 4.87. The molecule has 1 aliphatic rings. The number of nitrogens with zero attached hydrogens (tertiary/aromatic N) is 4. The molecule has 1 saturated heterocycles. The van der Waals surface area contributed by atoms with Crippen molar-refractivity contribution in [3.63, 3.8) is 0 Å². The maximum Gasteiger partial charge on any atom is 0.233 e. The highest BCUT2D eigenvalue weighted by Crippen LogP contribution is 2.22. The second-order valence-electron chi connectivity index (χ2n) is 9.51. The first-order valence-electron chi connectivity index (χ1n) is 12.7. The Balaban J connectivity index is 1.12. The highest BCUT2D eigenvalue weighted by Gasteiger charge is 2.14. The minimum atomic E-state index is -0.386. The Morgan fingerprint density at radius 1 is 0.921 bits per heavy atom. The number of hydrogen-bond acceptors (Lipinski definition) is 6. The van der Waals surface area contributed by atoms with Crippen LogP contribution in [0.3, 0.4) is 0 Å². The van der Waals surface area contributed by atoms with Crippen molar-refractivity contribution in [2.75, 3.05) is 43.9 Å². The Labute approximate surface area is 221 Å². The number of anilines is 2. The Morgan fingerprint density at radius 2 is 1.66 bits per heavy atom. The van der Waals surface area contributed by atoms with Crippen molar-refractivity contribution in [1.82, 2.24) is 25.0 Å². The Bertz CT molecular complexity index is 1420. The number of pyridine rings is 1. The molecule has 2 amide bonds. The minimum absolute atomic E-state index is 0.276. The molecule has 1 fully saturated rings. The second kappa shape index (κ2) is 11.8. The molecule has 3 N–H and O–H groups in total. The molecule has 194 valence electrons. The van der Waals surface area contributed by atoms with Crippen molar-refractivity contribution < 1.29 is 9.59 Å². The standard InChI is InChI=1S/C29H31N7O2/c1-35-14-16-36(17-15-35)20-21-5-7-23(8-6-21)31-28(37)19-29(38)32-24-9-11-25-26(33-34-27(25)18-24)12-10-22-4-2-3-13-30-22/h2-13,18H,14-17,19-20H2,1H3,(H,31,37)(H,32,38)(H,33,34)/b12-10+. The first-order chi connectivity index (χ1) is 18.5. The largest absolute Gasteiger partial charge is 0.326 e. The SMILES string of the molecule is CN1CCN(Cc2ccc(NC(=O)CC(=O)Nc3ccc4c(/C=C/c5ccccn5)n[nH]c4c3)cc2)CC1. The number of benzene rings is 2. The van der Waals surface area contributed by atoms with Crippen LogP contribution in [-0.2, 0) is 16.1 Å². The van der Waals surface area contributed by atoms with Crippen LogP contribution in [0.25, 0.3) is 23.1 Å². The molecule has 3 heterocycles. The fraction of sp³-hybridized carbons (Fsp3) is 0.241. The average molecular weight is 510 g/mol. The molecule has 0 saturated carbocycles. The summed E-state index contributed by atoms with van der Waals surface area (Å²) in [6.45, 7) is 5.17. The maximum atomic E-state index is 12.5. The van der Waals surface area contributed by atoms with E-state index in [4.69, 9.17) is 0 Å². The third kappa shape index (κ3) is 6.70. The summed E-state index contributed by atoms with van der Waals surface area (Å²) in [7, 11) is 2.15. The molecule has 0 spiro atoms. The van der Waals surface area contributed by atoms with Crippen LogP contribution in [0.15, 0.2) is 66.9 Å². The quantitative estimate of drug-likeness (QED) is 0.312. The smallest absolute Gasteiger partial charge is 0.233 e. The number of carbonyl (C=O) groups excluding carboxylic acids is 2. The van der Waals surface area contributed by atoms with Gasteiger partial charge >= 0.3 is 0 Å². The number of amides is 2. The summed E-state index contributed by atoms with van der Waals surface area (Å²) in [5.74, 6) is -0.748. The van der Waals surface area contributed by atoms with Crippen LogP contribution < -0.4 is 10.6 Å². The molecule has 9 nitrogen and oxygen atoms in total. The number of hydrogen-bond donors (Lipinski definition) is 3. The number of fused-ring (bicyclic) bond motifs is 1. The van der Waals surface area contributed by atoms with Crippen molar-refractivity contribution in [3.05, 3.63) is 83.8 Å². The predicted octanol–water partition coefficient (Wildman–Crippen LogP) is 3.84. The average Bonchev–Trinajstić information content (AvgIpc) is 3.32. The molecule has 38 heavy (non-hydrogen) atoms. The number of rotatable bonds is 8. The predicted molar refractivity (Wildman–Crippen MR) is 150 cm³/mol. The molecule has 0 unspecified atom stereocenters. The van der Waals surface area contributed by atoms with Gasteiger partial charge in [-0.2, -0.15) is 5.10 Å². The van der Waals surface area contributed by atoms with Crippen LogP contribution in [0, 0.1) is 0 Å². The zero-order valence-corrected chi connectivity index (χ0v) is 21.4. The van der Waals surface area contributed by atoms with Gasteiger partial charge in [-0.25, -0.2) is 0 Å². The van der Waals surface area contributed by atoms with E-state index in [1.807, 2.05) is 60.7 Å². The van der Waals surface area contributed by atoms with Crippen LogP contribution >= 0.6 is 0 Å². The van der Waals surface area contributed by atoms with Crippen molar-refractivity contribution in [2.24, 2.45) is 0 Å². The van der Waals surface area contributed by atoms with E-state index in [2.05, 4.69) is 42.7 Å².